The Bertz CT molecular complexity index is 1130. The molecule has 0 aliphatic heterocycles. The Labute approximate surface area is 171 Å². The van der Waals surface area contributed by atoms with E-state index in [1.165, 1.54) is 0 Å². The lowest BCUT2D eigenvalue weighted by atomic mass is 9.97. The molecule has 0 bridgehead atoms. The van der Waals surface area contributed by atoms with E-state index in [2.05, 4.69) is 16.0 Å². The molecule has 8 heteroatoms. The minimum absolute atomic E-state index is 0.0104. The number of Topliss-reactive ketones (excluding diaryl/α,β-unsaturated/α-hetero) is 1. The van der Waals surface area contributed by atoms with Crippen LogP contribution in [0.1, 0.15) is 21.5 Å². The Balaban J connectivity index is 2.02. The Morgan fingerprint density at radius 2 is 1.76 bits per heavy atom. The van der Waals surface area contributed by atoms with Crippen molar-refractivity contribution in [2.24, 2.45) is 0 Å². The lowest BCUT2D eigenvalue weighted by Crippen LogP contribution is -2.06. The van der Waals surface area contributed by atoms with Crippen molar-refractivity contribution in [1.29, 1.82) is 10.5 Å². The van der Waals surface area contributed by atoms with Crippen LogP contribution < -0.4 is 10.5 Å². The molecule has 0 spiro atoms. The van der Waals surface area contributed by atoms with E-state index >= 15 is 0 Å². The van der Waals surface area contributed by atoms with E-state index in [-0.39, 0.29) is 28.5 Å². The summed E-state index contributed by atoms with van der Waals surface area (Å²) in [5.74, 6) is 0.595. The maximum atomic E-state index is 12.4. The molecule has 2 heterocycles. The predicted molar refractivity (Wildman–Crippen MR) is 109 cm³/mol. The first-order valence-electron chi connectivity index (χ1n) is 8.43. The van der Waals surface area contributed by atoms with Crippen LogP contribution in [0.3, 0.4) is 0 Å². The standard InChI is InChI=1S/C21H15N5O2S/c1-28-15-4-2-14(3-5-15)19-16(10-22)20(24)26-21(17(19)11-23)29-12-18(27)13-6-8-25-9-7-13/h2-9H,12H2,1H3,(H2,24,26). The largest absolute Gasteiger partial charge is 0.497 e. The van der Waals surface area contributed by atoms with Gasteiger partial charge in [0.25, 0.3) is 0 Å². The van der Waals surface area contributed by atoms with E-state index in [0.29, 0.717) is 27.5 Å². The summed E-state index contributed by atoms with van der Waals surface area (Å²) < 4.78 is 5.16. The van der Waals surface area contributed by atoms with Crippen LogP contribution in [0.15, 0.2) is 53.8 Å². The van der Waals surface area contributed by atoms with Crippen molar-refractivity contribution in [3.8, 4) is 29.0 Å². The molecule has 7 nitrogen and oxygen atoms in total. The quantitative estimate of drug-likeness (QED) is 0.492. The Morgan fingerprint density at radius 1 is 1.10 bits per heavy atom. The monoisotopic (exact) mass is 401 g/mol. The normalized spacial score (nSPS) is 10.0. The molecule has 0 atom stereocenters. The van der Waals surface area contributed by atoms with Gasteiger partial charge < -0.3 is 10.5 Å². The molecule has 2 aromatic heterocycles. The molecule has 0 amide bonds. The predicted octanol–water partition coefficient (Wildman–Crippen LogP) is 3.45. The molecular formula is C21H15N5O2S. The molecular weight excluding hydrogens is 386 g/mol. The van der Waals surface area contributed by atoms with E-state index in [1.807, 2.05) is 6.07 Å². The number of pyridine rings is 2. The maximum absolute atomic E-state index is 12.4. The van der Waals surface area contributed by atoms with Gasteiger partial charge in [-0.2, -0.15) is 10.5 Å². The lowest BCUT2D eigenvalue weighted by Gasteiger charge is -2.13. The minimum Gasteiger partial charge on any atom is -0.497 e. The van der Waals surface area contributed by atoms with Crippen molar-refractivity contribution >= 4 is 23.4 Å². The number of ketones is 1. The summed E-state index contributed by atoms with van der Waals surface area (Å²) in [5, 5.41) is 19.7. The number of nitriles is 2. The van der Waals surface area contributed by atoms with Crippen LogP contribution in [-0.4, -0.2) is 28.6 Å². The number of nitrogens with zero attached hydrogens (tertiary/aromatic N) is 4. The van der Waals surface area contributed by atoms with Crippen LogP contribution >= 0.6 is 11.8 Å². The number of hydrogen-bond acceptors (Lipinski definition) is 8. The van der Waals surface area contributed by atoms with Gasteiger partial charge >= 0.3 is 0 Å². The third-order valence-electron chi connectivity index (χ3n) is 4.14. The Morgan fingerprint density at radius 3 is 2.34 bits per heavy atom. The summed E-state index contributed by atoms with van der Waals surface area (Å²) in [5.41, 5.74) is 7.86. The molecule has 0 fully saturated rings. The van der Waals surface area contributed by atoms with Crippen molar-refractivity contribution in [2.45, 2.75) is 5.03 Å². The zero-order valence-electron chi connectivity index (χ0n) is 15.4. The van der Waals surface area contributed by atoms with Gasteiger partial charge in [0.05, 0.1) is 18.4 Å². The summed E-state index contributed by atoms with van der Waals surface area (Å²) in [6, 6.07) is 14.3. The van der Waals surface area contributed by atoms with Gasteiger partial charge in [-0.3, -0.25) is 9.78 Å². The van der Waals surface area contributed by atoms with Crippen LogP contribution in [0.2, 0.25) is 0 Å². The van der Waals surface area contributed by atoms with Crippen LogP contribution in [0.25, 0.3) is 11.1 Å². The summed E-state index contributed by atoms with van der Waals surface area (Å²) in [6.45, 7) is 0. The fourth-order valence-electron chi connectivity index (χ4n) is 2.70. The number of aromatic nitrogens is 2. The van der Waals surface area contributed by atoms with Gasteiger partial charge in [0.1, 0.15) is 34.3 Å². The molecule has 3 aromatic rings. The molecule has 0 radical (unpaired) electrons. The first kappa shape index (κ1) is 19.9. The molecule has 0 saturated heterocycles. The second-order valence-corrected chi connectivity index (χ2v) is 6.79. The van der Waals surface area contributed by atoms with Crippen molar-refractivity contribution in [1.82, 2.24) is 9.97 Å². The number of thioether (sulfide) groups is 1. The Hall–Kier alpha value is -3.88. The van der Waals surface area contributed by atoms with Crippen molar-refractivity contribution in [2.75, 3.05) is 18.6 Å². The lowest BCUT2D eigenvalue weighted by molar-refractivity contribution is 0.102. The second-order valence-electron chi connectivity index (χ2n) is 5.83. The minimum atomic E-state index is -0.128. The number of nitrogen functional groups attached to an aromatic ring is 1. The molecule has 0 aliphatic rings. The fourth-order valence-corrected chi connectivity index (χ4v) is 3.59. The molecule has 0 saturated carbocycles. The number of hydrogen-bond donors (Lipinski definition) is 1. The summed E-state index contributed by atoms with van der Waals surface area (Å²) in [6.07, 6.45) is 3.08. The van der Waals surface area contributed by atoms with Crippen LogP contribution in [0.5, 0.6) is 5.75 Å². The van der Waals surface area contributed by atoms with Crippen molar-refractivity contribution < 1.29 is 9.53 Å². The maximum Gasteiger partial charge on any atom is 0.173 e. The summed E-state index contributed by atoms with van der Waals surface area (Å²) in [7, 11) is 1.55. The molecule has 3 rings (SSSR count). The highest BCUT2D eigenvalue weighted by atomic mass is 32.2. The molecule has 142 valence electrons. The number of rotatable bonds is 6. The van der Waals surface area contributed by atoms with Crippen LogP contribution in [-0.2, 0) is 0 Å². The first-order valence-corrected chi connectivity index (χ1v) is 9.41. The number of carbonyl (C=O) groups is 1. The first-order chi connectivity index (χ1) is 14.1. The van der Waals surface area contributed by atoms with E-state index in [1.54, 1.807) is 55.9 Å². The summed E-state index contributed by atoms with van der Waals surface area (Å²) >= 11 is 1.11. The second kappa shape index (κ2) is 8.87. The van der Waals surface area contributed by atoms with Crippen LogP contribution in [0, 0.1) is 22.7 Å². The third kappa shape index (κ3) is 4.18. The highest BCUT2D eigenvalue weighted by molar-refractivity contribution is 8.00. The smallest absolute Gasteiger partial charge is 0.173 e. The van der Waals surface area contributed by atoms with Gasteiger partial charge in [-0.25, -0.2) is 4.98 Å². The SMILES string of the molecule is COc1ccc(-c2c(C#N)c(N)nc(SCC(=O)c3ccncc3)c2C#N)cc1. The van der Waals surface area contributed by atoms with Crippen molar-refractivity contribution in [3.05, 3.63) is 65.5 Å². The third-order valence-corrected chi connectivity index (χ3v) is 5.11. The number of benzene rings is 1. The Kier molecular flexibility index (Phi) is 6.08. The number of nitrogens with two attached hydrogens (primary N) is 1. The average Bonchev–Trinajstić information content (AvgIpc) is 2.77. The average molecular weight is 401 g/mol. The number of ether oxygens (including phenoxy) is 1. The number of methoxy groups -OCH3 is 1. The van der Waals surface area contributed by atoms with Crippen LogP contribution in [0.4, 0.5) is 5.82 Å². The van der Waals surface area contributed by atoms with Gasteiger partial charge in [-0.05, 0) is 29.8 Å². The molecule has 29 heavy (non-hydrogen) atoms. The summed E-state index contributed by atoms with van der Waals surface area (Å²) in [4.78, 5) is 20.5. The van der Waals surface area contributed by atoms with E-state index < -0.39 is 0 Å². The van der Waals surface area contributed by atoms with Gasteiger partial charge in [-0.15, -0.1) is 0 Å². The van der Waals surface area contributed by atoms with E-state index in [0.717, 1.165) is 11.8 Å². The molecule has 2 N–H and O–H groups in total. The number of carbonyl (C=O) groups excluding carboxylic acids is 1. The fraction of sp³-hybridized carbons (Fsp3) is 0.0952. The van der Waals surface area contributed by atoms with E-state index in [9.17, 15) is 15.3 Å². The van der Waals surface area contributed by atoms with E-state index in [4.69, 9.17) is 10.5 Å². The van der Waals surface area contributed by atoms with Gasteiger partial charge in [-0.1, -0.05) is 23.9 Å². The van der Waals surface area contributed by atoms with Crippen molar-refractivity contribution in [3.63, 3.8) is 0 Å². The number of anilines is 1. The highest BCUT2D eigenvalue weighted by Gasteiger charge is 2.21. The highest BCUT2D eigenvalue weighted by Crippen LogP contribution is 2.36. The van der Waals surface area contributed by atoms with Gasteiger partial charge in [0.15, 0.2) is 5.78 Å². The molecule has 0 unspecified atom stereocenters. The van der Waals surface area contributed by atoms with Gasteiger partial charge in [0.2, 0.25) is 0 Å². The topological polar surface area (TPSA) is 126 Å². The molecule has 1 aromatic carbocycles. The zero-order valence-corrected chi connectivity index (χ0v) is 16.2. The van der Waals surface area contributed by atoms with Gasteiger partial charge in [0, 0.05) is 23.5 Å². The zero-order chi connectivity index (χ0) is 20.8. The molecule has 0 aliphatic carbocycles.